The predicted molar refractivity (Wildman–Crippen MR) is 76.1 cm³/mol. The van der Waals surface area contributed by atoms with Crippen LogP contribution in [0.1, 0.15) is 31.9 Å². The number of ketones is 1. The molecule has 0 aromatic carbocycles. The molecule has 1 amide bonds. The minimum Gasteiger partial charge on any atom is -0.505 e. The van der Waals surface area contributed by atoms with Crippen LogP contribution in [-0.4, -0.2) is 38.5 Å². The van der Waals surface area contributed by atoms with Gasteiger partial charge in [-0.05, 0) is 38.3 Å². The lowest BCUT2D eigenvalue weighted by atomic mass is 9.69. The van der Waals surface area contributed by atoms with Crippen molar-refractivity contribution in [2.45, 2.75) is 37.8 Å². The standard InChI is InChI=1S/C15H16N2O5/c1-8(14(21)22)16-13(20)10-11(18)9-4-2-7-17(9)15(12(10)19)5-3-6-15/h2,4,7-8,18H,3,5-6H2,1H3,(H,16,20)(H,21,22). The zero-order valence-electron chi connectivity index (χ0n) is 12.0. The van der Waals surface area contributed by atoms with Crippen LogP contribution < -0.4 is 5.32 Å². The highest BCUT2D eigenvalue weighted by atomic mass is 16.4. The smallest absolute Gasteiger partial charge is 0.325 e. The van der Waals surface area contributed by atoms with Crippen LogP contribution in [0.15, 0.2) is 23.9 Å². The van der Waals surface area contributed by atoms with E-state index in [1.807, 2.05) is 0 Å². The summed E-state index contributed by atoms with van der Waals surface area (Å²) >= 11 is 0. The van der Waals surface area contributed by atoms with Crippen molar-refractivity contribution in [1.29, 1.82) is 0 Å². The molecule has 2 heterocycles. The number of fused-ring (bicyclic) bond motifs is 2. The number of carbonyl (C=O) groups excluding carboxylic acids is 2. The van der Waals surface area contributed by atoms with Gasteiger partial charge in [0.25, 0.3) is 5.91 Å². The molecule has 1 spiro atoms. The fraction of sp³-hybridized carbons (Fsp3) is 0.400. The predicted octanol–water partition coefficient (Wildman–Crippen LogP) is 0.808. The van der Waals surface area contributed by atoms with Crippen LogP contribution in [0, 0.1) is 0 Å². The Hall–Kier alpha value is -2.57. The van der Waals surface area contributed by atoms with Gasteiger partial charge in [-0.3, -0.25) is 14.4 Å². The van der Waals surface area contributed by atoms with Gasteiger partial charge in [0.15, 0.2) is 11.5 Å². The average molecular weight is 304 g/mol. The Morgan fingerprint density at radius 1 is 1.41 bits per heavy atom. The van der Waals surface area contributed by atoms with Crippen molar-refractivity contribution in [2.75, 3.05) is 0 Å². The maximum absolute atomic E-state index is 12.7. The van der Waals surface area contributed by atoms with Crippen LogP contribution in [0.25, 0.3) is 5.76 Å². The first-order chi connectivity index (χ1) is 10.4. The Morgan fingerprint density at radius 2 is 2.09 bits per heavy atom. The van der Waals surface area contributed by atoms with E-state index in [1.54, 1.807) is 22.9 Å². The topological polar surface area (TPSA) is 109 Å². The zero-order valence-corrected chi connectivity index (χ0v) is 12.0. The van der Waals surface area contributed by atoms with E-state index >= 15 is 0 Å². The Morgan fingerprint density at radius 3 is 2.64 bits per heavy atom. The van der Waals surface area contributed by atoms with E-state index < -0.39 is 35.0 Å². The lowest BCUT2D eigenvalue weighted by Gasteiger charge is -2.45. The molecule has 3 N–H and O–H groups in total. The van der Waals surface area contributed by atoms with Crippen molar-refractivity contribution in [3.05, 3.63) is 29.6 Å². The minimum atomic E-state index is -1.21. The molecule has 0 radical (unpaired) electrons. The number of nitrogens with one attached hydrogen (secondary N) is 1. The molecular weight excluding hydrogens is 288 g/mol. The van der Waals surface area contributed by atoms with Gasteiger partial charge in [0.05, 0.1) is 5.69 Å². The zero-order chi connectivity index (χ0) is 16.1. The molecule has 7 nitrogen and oxygen atoms in total. The number of Topliss-reactive ketones (excluding diaryl/α,β-unsaturated/α-hetero) is 1. The number of aliphatic carboxylic acids is 1. The molecule has 1 unspecified atom stereocenters. The molecule has 2 aliphatic rings. The molecule has 7 heteroatoms. The summed E-state index contributed by atoms with van der Waals surface area (Å²) in [7, 11) is 0. The highest BCUT2D eigenvalue weighted by molar-refractivity contribution is 6.27. The molecule has 1 fully saturated rings. The number of amides is 1. The number of aromatic nitrogens is 1. The van der Waals surface area contributed by atoms with E-state index in [9.17, 15) is 19.5 Å². The normalized spacial score (nSPS) is 20.3. The van der Waals surface area contributed by atoms with Crippen molar-refractivity contribution in [3.8, 4) is 0 Å². The summed E-state index contributed by atoms with van der Waals surface area (Å²) in [6, 6.07) is 2.20. The first kappa shape index (κ1) is 14.4. The summed E-state index contributed by atoms with van der Waals surface area (Å²) < 4.78 is 1.71. The van der Waals surface area contributed by atoms with Crippen molar-refractivity contribution < 1.29 is 24.6 Å². The van der Waals surface area contributed by atoms with Crippen molar-refractivity contribution in [3.63, 3.8) is 0 Å². The Balaban J connectivity index is 2.03. The Labute approximate surface area is 126 Å². The number of carbonyl (C=O) groups is 3. The van der Waals surface area contributed by atoms with Crippen molar-refractivity contribution >= 4 is 23.4 Å². The quantitative estimate of drug-likeness (QED) is 0.716. The summed E-state index contributed by atoms with van der Waals surface area (Å²) in [4.78, 5) is 35.9. The fourth-order valence-electron chi connectivity index (χ4n) is 3.05. The number of hydrogen-bond donors (Lipinski definition) is 3. The van der Waals surface area contributed by atoms with E-state index in [0.29, 0.717) is 18.5 Å². The summed E-state index contributed by atoms with van der Waals surface area (Å²) in [5.41, 5.74) is -0.754. The van der Waals surface area contributed by atoms with Gasteiger partial charge in [-0.15, -0.1) is 0 Å². The second-order valence-corrected chi connectivity index (χ2v) is 5.73. The van der Waals surface area contributed by atoms with Crippen molar-refractivity contribution in [1.82, 2.24) is 9.88 Å². The van der Waals surface area contributed by atoms with Gasteiger partial charge in [0.2, 0.25) is 0 Å². The Kier molecular flexibility index (Phi) is 3.09. The van der Waals surface area contributed by atoms with Gasteiger partial charge in [0.1, 0.15) is 17.2 Å². The second kappa shape index (κ2) is 4.72. The summed E-state index contributed by atoms with van der Waals surface area (Å²) in [5.74, 6) is -2.91. The first-order valence-electron chi connectivity index (χ1n) is 7.08. The van der Waals surface area contributed by atoms with Gasteiger partial charge in [-0.1, -0.05) is 0 Å². The lowest BCUT2D eigenvalue weighted by Crippen LogP contribution is -2.54. The van der Waals surface area contributed by atoms with Crippen LogP contribution >= 0.6 is 0 Å². The summed E-state index contributed by atoms with van der Waals surface area (Å²) in [6.45, 7) is 1.30. The lowest BCUT2D eigenvalue weighted by molar-refractivity contribution is -0.141. The summed E-state index contributed by atoms with van der Waals surface area (Å²) in [5, 5.41) is 21.4. The number of carboxylic acids is 1. The Bertz CT molecular complexity index is 711. The largest absolute Gasteiger partial charge is 0.505 e. The van der Waals surface area contributed by atoms with Crippen LogP contribution in [0.2, 0.25) is 0 Å². The molecule has 1 aromatic heterocycles. The van der Waals surface area contributed by atoms with Crippen molar-refractivity contribution in [2.24, 2.45) is 0 Å². The van der Waals surface area contributed by atoms with E-state index in [-0.39, 0.29) is 5.57 Å². The summed E-state index contributed by atoms with van der Waals surface area (Å²) in [6.07, 6.45) is 3.79. The molecule has 116 valence electrons. The molecule has 22 heavy (non-hydrogen) atoms. The number of nitrogens with zero attached hydrogens (tertiary/aromatic N) is 1. The third-order valence-corrected chi connectivity index (χ3v) is 4.46. The van der Waals surface area contributed by atoms with Gasteiger partial charge in [-0.2, -0.15) is 0 Å². The maximum atomic E-state index is 12.7. The molecule has 1 aromatic rings. The van der Waals surface area contributed by atoms with Gasteiger partial charge in [0, 0.05) is 6.20 Å². The van der Waals surface area contributed by atoms with E-state index in [1.165, 1.54) is 6.92 Å². The van der Waals surface area contributed by atoms with Crippen LogP contribution in [0.5, 0.6) is 0 Å². The van der Waals surface area contributed by atoms with E-state index in [4.69, 9.17) is 5.11 Å². The number of carboxylic acid groups (broad SMARTS) is 1. The molecule has 1 atom stereocenters. The van der Waals surface area contributed by atoms with Gasteiger partial charge >= 0.3 is 5.97 Å². The SMILES string of the molecule is CC(NC(=O)C1=C(O)c2cccn2C2(CCC2)C1=O)C(=O)O. The van der Waals surface area contributed by atoms with Crippen LogP contribution in [0.3, 0.4) is 0 Å². The van der Waals surface area contributed by atoms with Crippen LogP contribution in [0.4, 0.5) is 0 Å². The molecule has 1 aliphatic heterocycles. The molecule has 1 aliphatic carbocycles. The average Bonchev–Trinajstić information content (AvgIpc) is 2.86. The number of aliphatic hydroxyl groups is 1. The van der Waals surface area contributed by atoms with E-state index in [0.717, 1.165) is 6.42 Å². The molecular formula is C15H16N2O5. The monoisotopic (exact) mass is 304 g/mol. The highest BCUT2D eigenvalue weighted by Gasteiger charge is 2.52. The third-order valence-electron chi connectivity index (χ3n) is 4.46. The van der Waals surface area contributed by atoms with E-state index in [2.05, 4.69) is 5.32 Å². The molecule has 0 saturated heterocycles. The number of rotatable bonds is 3. The minimum absolute atomic E-state index is 0.348. The number of aliphatic hydroxyl groups excluding tert-OH is 1. The molecule has 0 bridgehead atoms. The fourth-order valence-corrected chi connectivity index (χ4v) is 3.05. The number of hydrogen-bond acceptors (Lipinski definition) is 4. The first-order valence-corrected chi connectivity index (χ1v) is 7.08. The second-order valence-electron chi connectivity index (χ2n) is 5.73. The van der Waals surface area contributed by atoms with Gasteiger partial charge < -0.3 is 20.1 Å². The van der Waals surface area contributed by atoms with Crippen LogP contribution in [-0.2, 0) is 19.9 Å². The molecule has 1 saturated carbocycles. The third kappa shape index (κ3) is 1.78. The molecule has 3 rings (SSSR count). The highest BCUT2D eigenvalue weighted by Crippen LogP contribution is 2.47. The maximum Gasteiger partial charge on any atom is 0.325 e. The van der Waals surface area contributed by atoms with Gasteiger partial charge in [-0.25, -0.2) is 0 Å².